The van der Waals surface area contributed by atoms with Crippen LogP contribution in [0.25, 0.3) is 0 Å². The van der Waals surface area contributed by atoms with Crippen LogP contribution in [0.5, 0.6) is 0 Å². The minimum Gasteiger partial charge on any atom is -0.383 e. The van der Waals surface area contributed by atoms with Crippen LogP contribution in [0.15, 0.2) is 41.4 Å². The largest absolute Gasteiger partial charge is 0.475 e. The van der Waals surface area contributed by atoms with Gasteiger partial charge in [0.15, 0.2) is 12.0 Å². The van der Waals surface area contributed by atoms with E-state index in [0.29, 0.717) is 6.42 Å². The van der Waals surface area contributed by atoms with Crippen molar-refractivity contribution in [3.05, 3.63) is 42.1 Å². The topological polar surface area (TPSA) is 112 Å². The van der Waals surface area contributed by atoms with Gasteiger partial charge >= 0.3 is 7.82 Å². The van der Waals surface area contributed by atoms with Crippen LogP contribution in [-0.4, -0.2) is 63.7 Å². The fraction of sp³-hybridized carbons (Fsp3) is 0.565. The molecule has 0 spiro atoms. The highest BCUT2D eigenvalue weighted by Crippen LogP contribution is 2.57. The quantitative estimate of drug-likeness (QED) is 0.307. The van der Waals surface area contributed by atoms with Crippen molar-refractivity contribution in [1.29, 1.82) is 0 Å². The van der Waals surface area contributed by atoms with Crippen molar-refractivity contribution < 1.29 is 37.6 Å². The van der Waals surface area contributed by atoms with Crippen LogP contribution in [0.3, 0.4) is 0 Å². The average Bonchev–Trinajstić information content (AvgIpc) is 3.02. The normalized spacial score (nSPS) is 33.3. The smallest absolute Gasteiger partial charge is 0.383 e. The number of ether oxygens (including phenoxy) is 1. The van der Waals surface area contributed by atoms with Gasteiger partial charge < -0.3 is 9.84 Å². The van der Waals surface area contributed by atoms with Gasteiger partial charge in [0.2, 0.25) is 5.91 Å². The lowest BCUT2D eigenvalue weighted by Crippen LogP contribution is -2.55. The van der Waals surface area contributed by atoms with E-state index in [1.54, 1.807) is 21.6 Å². The molecule has 2 fully saturated rings. The van der Waals surface area contributed by atoms with Crippen LogP contribution in [0.4, 0.5) is 0 Å². The number of benzene rings is 1. The van der Waals surface area contributed by atoms with E-state index >= 15 is 0 Å². The Hall–Kier alpha value is -1.17. The fourth-order valence-corrected chi connectivity index (χ4v) is 7.65. The second kappa shape index (κ2) is 10.3. The molecule has 2 saturated heterocycles. The van der Waals surface area contributed by atoms with Gasteiger partial charge in [-0.15, -0.1) is 0 Å². The summed E-state index contributed by atoms with van der Waals surface area (Å²) in [7, 11) is -0.528. The van der Waals surface area contributed by atoms with Gasteiger partial charge in [-0.05, 0) is 31.1 Å². The molecule has 3 aliphatic heterocycles. The monoisotopic (exact) mass is 543 g/mol. The molecule has 3 aliphatic rings. The molecular weight excluding hydrogens is 513 g/mol. The number of amides is 1. The highest BCUT2D eigenvalue weighted by atomic mass is 33.1. The van der Waals surface area contributed by atoms with Crippen molar-refractivity contribution in [1.82, 2.24) is 4.90 Å². The van der Waals surface area contributed by atoms with Crippen LogP contribution < -0.4 is 0 Å². The van der Waals surface area contributed by atoms with E-state index in [-0.39, 0.29) is 30.2 Å². The highest BCUT2D eigenvalue weighted by Gasteiger charge is 2.61. The van der Waals surface area contributed by atoms with Gasteiger partial charge in [0.05, 0.1) is 19.6 Å². The molecule has 12 heteroatoms. The third-order valence-corrected chi connectivity index (χ3v) is 10.5. The average molecular weight is 544 g/mol. The van der Waals surface area contributed by atoms with E-state index in [1.165, 1.54) is 24.1 Å². The number of aliphatic hydroxyl groups is 1. The van der Waals surface area contributed by atoms with Gasteiger partial charge in [0.25, 0.3) is 0 Å². The fourth-order valence-electron chi connectivity index (χ4n) is 3.93. The third kappa shape index (κ3) is 6.22. The highest BCUT2D eigenvalue weighted by molar-refractivity contribution is 8.77. The van der Waals surface area contributed by atoms with Gasteiger partial charge in [-0.25, -0.2) is 4.57 Å². The zero-order valence-corrected chi connectivity index (χ0v) is 22.6. The molecule has 0 radical (unpaired) electrons. The Morgan fingerprint density at radius 2 is 2.03 bits per heavy atom. The van der Waals surface area contributed by atoms with Crippen molar-refractivity contribution in [2.75, 3.05) is 13.2 Å². The van der Waals surface area contributed by atoms with Crippen LogP contribution in [-0.2, 0) is 38.9 Å². The summed E-state index contributed by atoms with van der Waals surface area (Å²) < 4.78 is 35.8. The summed E-state index contributed by atoms with van der Waals surface area (Å²) in [6.45, 7) is 7.85. The van der Waals surface area contributed by atoms with Gasteiger partial charge in [-0.2, -0.15) is 0 Å². The van der Waals surface area contributed by atoms with E-state index in [1.807, 2.05) is 24.3 Å². The first kappa shape index (κ1) is 26.9. The number of carbonyl (C=O) groups is 2. The molecule has 9 nitrogen and oxygen atoms in total. The molecule has 0 saturated carbocycles. The maximum absolute atomic E-state index is 13.2. The number of hydrogen-bond donors (Lipinski definition) is 1. The number of phosphoric acid groups is 1. The predicted octanol–water partition coefficient (Wildman–Crippen LogP) is 4.10. The minimum atomic E-state index is -3.98. The zero-order valence-electron chi connectivity index (χ0n) is 20.0. The Morgan fingerprint density at radius 3 is 2.74 bits per heavy atom. The summed E-state index contributed by atoms with van der Waals surface area (Å²) in [4.78, 5) is 26.1. The third-order valence-electron chi connectivity index (χ3n) is 5.62. The minimum absolute atomic E-state index is 0.0916. The van der Waals surface area contributed by atoms with Gasteiger partial charge in [-0.3, -0.25) is 28.1 Å². The number of fused-ring (bicyclic) bond motifs is 1. The van der Waals surface area contributed by atoms with Crippen LogP contribution in [0.2, 0.25) is 0 Å². The van der Waals surface area contributed by atoms with Gasteiger partial charge in [0.1, 0.15) is 17.8 Å². The standard InChI is InChI=1S/C23H30NO8PS2/c1-22(2,3)35-34-18-8-6-5-7-15(18)10-12-29-33(28)30-14-17-20(32-33)23(4,27)21(31-17)24-11-9-16(25)13-19(24)26/h5-9,11,17,20-21,27H,10,12-14H2,1-4H3/t17-,20-,21-,23-,33?/m1/s1. The lowest BCUT2D eigenvalue weighted by atomic mass is 9.95. The molecular formula is C23H30NO8PS2. The predicted molar refractivity (Wildman–Crippen MR) is 133 cm³/mol. The second-order valence-electron chi connectivity index (χ2n) is 9.75. The summed E-state index contributed by atoms with van der Waals surface area (Å²) in [5.41, 5.74) is -0.654. The van der Waals surface area contributed by atoms with Crippen LogP contribution in [0.1, 0.15) is 39.7 Å². The van der Waals surface area contributed by atoms with Gasteiger partial charge in [0, 0.05) is 15.8 Å². The number of carbonyl (C=O) groups excluding carboxylic acids is 2. The first-order valence-electron chi connectivity index (χ1n) is 11.3. The summed E-state index contributed by atoms with van der Waals surface area (Å²) in [6.07, 6.45) is -0.194. The van der Waals surface area contributed by atoms with Crippen LogP contribution in [0, 0.1) is 0 Å². The molecule has 0 aromatic heterocycles. The Kier molecular flexibility index (Phi) is 7.91. The number of nitrogens with zero attached hydrogens (tertiary/aromatic N) is 1. The Balaban J connectivity index is 1.38. The maximum Gasteiger partial charge on any atom is 0.475 e. The van der Waals surface area contributed by atoms with E-state index in [0.717, 1.165) is 10.5 Å². The molecule has 3 heterocycles. The number of allylic oxidation sites excluding steroid dienone is 1. The molecule has 1 unspecified atom stereocenters. The molecule has 0 aliphatic carbocycles. The maximum atomic E-state index is 13.2. The number of hydrogen-bond acceptors (Lipinski definition) is 10. The molecule has 5 atom stereocenters. The first-order chi connectivity index (χ1) is 16.4. The summed E-state index contributed by atoms with van der Waals surface area (Å²) >= 11 is 0. The second-order valence-corrected chi connectivity index (χ2v) is 14.4. The molecule has 35 heavy (non-hydrogen) atoms. The van der Waals surface area contributed by atoms with Gasteiger partial charge in [-0.1, -0.05) is 60.6 Å². The molecule has 1 N–H and O–H groups in total. The number of ketones is 1. The van der Waals surface area contributed by atoms with E-state index in [4.69, 9.17) is 18.3 Å². The Morgan fingerprint density at radius 1 is 1.29 bits per heavy atom. The van der Waals surface area contributed by atoms with E-state index in [9.17, 15) is 19.3 Å². The molecule has 192 valence electrons. The van der Waals surface area contributed by atoms with Crippen molar-refractivity contribution in [3.8, 4) is 0 Å². The van der Waals surface area contributed by atoms with Crippen molar-refractivity contribution >= 4 is 41.1 Å². The van der Waals surface area contributed by atoms with Crippen LogP contribution >= 0.6 is 29.4 Å². The Labute approximate surface area is 212 Å². The van der Waals surface area contributed by atoms with Crippen molar-refractivity contribution in [3.63, 3.8) is 0 Å². The molecule has 1 aromatic carbocycles. The summed E-state index contributed by atoms with van der Waals surface area (Å²) in [6, 6.07) is 7.95. The van der Waals surface area contributed by atoms with E-state index in [2.05, 4.69) is 20.8 Å². The first-order valence-corrected chi connectivity index (χ1v) is 14.9. The summed E-state index contributed by atoms with van der Waals surface area (Å²) in [5.74, 6) is -0.821. The van der Waals surface area contributed by atoms with Crippen molar-refractivity contribution in [2.45, 2.75) is 74.2 Å². The zero-order chi connectivity index (χ0) is 25.4. The van der Waals surface area contributed by atoms with E-state index < -0.39 is 37.8 Å². The SMILES string of the molecule is CC(C)(C)SSc1ccccc1CCOP1(=O)OC[C@H]2O[C@@H](N3C=CC(=O)CC3=O)[C@](C)(O)[C@@H]2O1. The molecule has 0 bridgehead atoms. The molecule has 1 aromatic rings. The Bertz CT molecular complexity index is 1060. The summed E-state index contributed by atoms with van der Waals surface area (Å²) in [5, 5.41) is 11.2. The van der Waals surface area contributed by atoms with Crippen molar-refractivity contribution in [2.24, 2.45) is 0 Å². The number of phosphoric ester groups is 1. The lowest BCUT2D eigenvalue weighted by Gasteiger charge is -2.37. The number of rotatable bonds is 7. The molecule has 4 rings (SSSR count). The molecule has 1 amide bonds. The lowest BCUT2D eigenvalue weighted by molar-refractivity contribution is -0.157.